The van der Waals surface area contributed by atoms with E-state index in [-0.39, 0.29) is 6.42 Å². The second-order valence-corrected chi connectivity index (χ2v) is 3.11. The molecule has 0 fully saturated rings. The Morgan fingerprint density at radius 3 is 1.75 bits per heavy atom. The molecule has 2 nitrogen and oxygen atoms in total. The summed E-state index contributed by atoms with van der Waals surface area (Å²) in [6.45, 7) is 0. The van der Waals surface area contributed by atoms with Crippen LogP contribution < -0.4 is 0 Å². The average Bonchev–Trinajstić information content (AvgIpc) is 2.08. The number of hydrogen-bond acceptors (Lipinski definition) is 2. The first-order chi connectivity index (χ1) is 5.81. The van der Waals surface area contributed by atoms with Gasteiger partial charge >= 0.3 is 0 Å². The van der Waals surface area contributed by atoms with Crippen molar-refractivity contribution >= 4 is 35.2 Å². The van der Waals surface area contributed by atoms with Crippen LogP contribution in [0.5, 0.6) is 0 Å². The Morgan fingerprint density at radius 1 is 1.08 bits per heavy atom. The van der Waals surface area contributed by atoms with Crippen LogP contribution in [0.15, 0.2) is 30.3 Å². The van der Waals surface area contributed by atoms with Crippen LogP contribution in [0.25, 0.3) is 0 Å². The van der Waals surface area contributed by atoms with Gasteiger partial charge in [-0.3, -0.25) is 0 Å². The van der Waals surface area contributed by atoms with Crippen LogP contribution in [0.2, 0.25) is 0 Å². The summed E-state index contributed by atoms with van der Waals surface area (Å²) in [6, 6.07) is 10.2. The number of halogens is 1. The van der Waals surface area contributed by atoms with Gasteiger partial charge in [0.05, 0.1) is 6.42 Å². The highest BCUT2D eigenvalue weighted by Crippen LogP contribution is 1.99. The molecule has 1 aromatic carbocycles. The van der Waals surface area contributed by atoms with Crippen molar-refractivity contribution in [3.8, 4) is 0 Å². The lowest BCUT2D eigenvalue weighted by molar-refractivity contribution is -0.114. The summed E-state index contributed by atoms with van der Waals surface area (Å²) in [5, 5.41) is 0. The van der Waals surface area contributed by atoms with Crippen LogP contribution in [0.3, 0.4) is 0 Å². The third kappa shape index (κ3) is 7.40. The van der Waals surface area contributed by atoms with Crippen LogP contribution in [-0.2, 0) is 9.59 Å². The molecule has 0 bridgehead atoms. The molecule has 0 aliphatic carbocycles. The van der Waals surface area contributed by atoms with E-state index in [1.807, 2.05) is 18.2 Å². The van der Waals surface area contributed by atoms with E-state index in [2.05, 4.69) is 34.7 Å². The fourth-order valence-electron chi connectivity index (χ4n) is 0.454. The smallest absolute Gasteiger partial charge is 0.127 e. The first kappa shape index (κ1) is 11.3. The molecular formula is C9H9IO2. The predicted molar refractivity (Wildman–Crippen MR) is 55.9 cm³/mol. The standard InChI is InChI=1S/C6H5I.C3H4O2/c7-6-4-2-1-3-5-6;4-2-1-3-5/h1-5H;2-3H,1H2. The van der Waals surface area contributed by atoms with Crippen molar-refractivity contribution in [2.45, 2.75) is 6.42 Å². The van der Waals surface area contributed by atoms with Crippen molar-refractivity contribution < 1.29 is 9.59 Å². The Kier molecular flexibility index (Phi) is 7.89. The summed E-state index contributed by atoms with van der Waals surface area (Å²) in [7, 11) is 0. The summed E-state index contributed by atoms with van der Waals surface area (Å²) in [4.78, 5) is 18.3. The molecule has 0 unspecified atom stereocenters. The fraction of sp³-hybridized carbons (Fsp3) is 0.111. The Labute approximate surface area is 85.1 Å². The first-order valence-electron chi connectivity index (χ1n) is 3.39. The zero-order valence-electron chi connectivity index (χ0n) is 6.44. The zero-order chi connectivity index (χ0) is 9.23. The van der Waals surface area contributed by atoms with E-state index in [0.29, 0.717) is 12.6 Å². The van der Waals surface area contributed by atoms with Crippen LogP contribution >= 0.6 is 22.6 Å². The van der Waals surface area contributed by atoms with Gasteiger partial charge in [-0.05, 0) is 34.7 Å². The number of rotatable bonds is 2. The van der Waals surface area contributed by atoms with Gasteiger partial charge in [0.2, 0.25) is 0 Å². The lowest BCUT2D eigenvalue weighted by Gasteiger charge is -1.80. The fourth-order valence-corrected chi connectivity index (χ4v) is 0.869. The highest BCUT2D eigenvalue weighted by Gasteiger charge is 1.74. The maximum Gasteiger partial charge on any atom is 0.127 e. The zero-order valence-corrected chi connectivity index (χ0v) is 8.60. The first-order valence-corrected chi connectivity index (χ1v) is 4.47. The van der Waals surface area contributed by atoms with Crippen LogP contribution in [0, 0.1) is 3.57 Å². The SMILES string of the molecule is Ic1ccccc1.O=CCC=O. The summed E-state index contributed by atoms with van der Waals surface area (Å²) in [6.07, 6.45) is 1.15. The molecule has 0 atom stereocenters. The molecule has 3 heteroatoms. The monoisotopic (exact) mass is 276 g/mol. The minimum absolute atomic E-state index is 0.0278. The van der Waals surface area contributed by atoms with E-state index in [9.17, 15) is 9.59 Å². The van der Waals surface area contributed by atoms with Gasteiger partial charge in [0.15, 0.2) is 0 Å². The topological polar surface area (TPSA) is 34.1 Å². The summed E-state index contributed by atoms with van der Waals surface area (Å²) in [5.74, 6) is 0. The van der Waals surface area contributed by atoms with Gasteiger partial charge in [0, 0.05) is 3.57 Å². The highest BCUT2D eigenvalue weighted by molar-refractivity contribution is 14.1. The Morgan fingerprint density at radius 2 is 1.58 bits per heavy atom. The molecule has 0 heterocycles. The molecule has 1 rings (SSSR count). The second kappa shape index (κ2) is 8.39. The maximum absolute atomic E-state index is 9.17. The van der Waals surface area contributed by atoms with Gasteiger partial charge in [-0.15, -0.1) is 0 Å². The number of hydrogen-bond donors (Lipinski definition) is 0. The summed E-state index contributed by atoms with van der Waals surface area (Å²) < 4.78 is 1.29. The summed E-state index contributed by atoms with van der Waals surface area (Å²) >= 11 is 2.28. The number of carbonyl (C=O) groups is 2. The normalized spacial score (nSPS) is 7.75. The van der Waals surface area contributed by atoms with Crippen molar-refractivity contribution in [2.24, 2.45) is 0 Å². The van der Waals surface area contributed by atoms with Gasteiger partial charge in [-0.2, -0.15) is 0 Å². The van der Waals surface area contributed by atoms with E-state index >= 15 is 0 Å². The maximum atomic E-state index is 9.17. The highest BCUT2D eigenvalue weighted by atomic mass is 127. The molecular weight excluding hydrogens is 267 g/mol. The molecule has 0 aliphatic heterocycles. The van der Waals surface area contributed by atoms with E-state index in [0.717, 1.165) is 0 Å². The molecule has 0 spiro atoms. The molecule has 0 amide bonds. The van der Waals surface area contributed by atoms with Crippen LogP contribution in [0.1, 0.15) is 6.42 Å². The molecule has 12 heavy (non-hydrogen) atoms. The van der Waals surface area contributed by atoms with Crippen molar-refractivity contribution in [3.05, 3.63) is 33.9 Å². The lowest BCUT2D eigenvalue weighted by atomic mass is 10.4. The molecule has 0 aliphatic rings. The minimum atomic E-state index is 0.0278. The second-order valence-electron chi connectivity index (χ2n) is 1.86. The van der Waals surface area contributed by atoms with E-state index < -0.39 is 0 Å². The van der Waals surface area contributed by atoms with E-state index in [4.69, 9.17) is 0 Å². The minimum Gasteiger partial charge on any atom is -0.303 e. The van der Waals surface area contributed by atoms with Crippen LogP contribution in [-0.4, -0.2) is 12.6 Å². The largest absolute Gasteiger partial charge is 0.303 e. The molecule has 0 N–H and O–H groups in total. The number of benzene rings is 1. The van der Waals surface area contributed by atoms with Gasteiger partial charge in [0.25, 0.3) is 0 Å². The Balaban J connectivity index is 0.000000217. The summed E-state index contributed by atoms with van der Waals surface area (Å²) in [5.41, 5.74) is 0. The Hall–Kier alpha value is -0.710. The predicted octanol–water partition coefficient (Wildman–Crippen LogP) is 2.07. The van der Waals surface area contributed by atoms with E-state index in [1.54, 1.807) is 0 Å². The number of carbonyl (C=O) groups excluding carboxylic acids is 2. The molecule has 0 saturated heterocycles. The van der Waals surface area contributed by atoms with Crippen molar-refractivity contribution in [1.29, 1.82) is 0 Å². The van der Waals surface area contributed by atoms with Crippen molar-refractivity contribution in [2.75, 3.05) is 0 Å². The van der Waals surface area contributed by atoms with Gasteiger partial charge in [-0.1, -0.05) is 18.2 Å². The van der Waals surface area contributed by atoms with Gasteiger partial charge in [0.1, 0.15) is 12.6 Å². The molecule has 0 aromatic heterocycles. The Bertz CT molecular complexity index is 215. The molecule has 1 aromatic rings. The average molecular weight is 276 g/mol. The van der Waals surface area contributed by atoms with Crippen molar-refractivity contribution in [1.82, 2.24) is 0 Å². The van der Waals surface area contributed by atoms with Crippen LogP contribution in [0.4, 0.5) is 0 Å². The lowest BCUT2D eigenvalue weighted by Crippen LogP contribution is -1.69. The van der Waals surface area contributed by atoms with E-state index in [1.165, 1.54) is 3.57 Å². The van der Waals surface area contributed by atoms with Crippen molar-refractivity contribution in [3.63, 3.8) is 0 Å². The third-order valence-corrected chi connectivity index (χ3v) is 1.64. The third-order valence-electron chi connectivity index (χ3n) is 0.926. The molecule has 64 valence electrons. The molecule has 0 saturated carbocycles. The quantitative estimate of drug-likeness (QED) is 0.471. The molecule has 0 radical (unpaired) electrons. The number of aldehydes is 2. The van der Waals surface area contributed by atoms with Gasteiger partial charge < -0.3 is 9.59 Å². The van der Waals surface area contributed by atoms with Gasteiger partial charge in [-0.25, -0.2) is 0 Å².